The third-order valence-electron chi connectivity index (χ3n) is 4.24. The maximum absolute atomic E-state index is 6.22. The van der Waals surface area contributed by atoms with E-state index in [4.69, 9.17) is 11.6 Å². The van der Waals surface area contributed by atoms with Crippen molar-refractivity contribution in [3.05, 3.63) is 41.6 Å². The molecule has 0 aliphatic carbocycles. The fourth-order valence-corrected chi connectivity index (χ4v) is 3.37. The zero-order valence-electron chi connectivity index (χ0n) is 11.5. The number of hydrogen-bond acceptors (Lipinski definition) is 3. The van der Waals surface area contributed by atoms with Crippen molar-refractivity contribution in [2.75, 3.05) is 18.0 Å². The molecule has 0 amide bonds. The van der Waals surface area contributed by atoms with Crippen molar-refractivity contribution in [1.29, 1.82) is 0 Å². The lowest BCUT2D eigenvalue weighted by Crippen LogP contribution is -2.33. The van der Waals surface area contributed by atoms with Crippen LogP contribution in [0.1, 0.15) is 24.6 Å². The summed E-state index contributed by atoms with van der Waals surface area (Å²) in [5.41, 5.74) is 2.16. The number of nitrogens with one attached hydrogen (secondary N) is 2. The Morgan fingerprint density at radius 3 is 2.86 bits per heavy atom. The van der Waals surface area contributed by atoms with Crippen LogP contribution in [0.5, 0.6) is 0 Å². The zero-order valence-corrected chi connectivity index (χ0v) is 12.3. The molecule has 1 aromatic carbocycles. The van der Waals surface area contributed by atoms with Crippen LogP contribution in [0.3, 0.4) is 0 Å². The van der Waals surface area contributed by atoms with Gasteiger partial charge in [0.2, 0.25) is 0 Å². The average Bonchev–Trinajstić information content (AvgIpc) is 3.17. The predicted octanol–water partition coefficient (Wildman–Crippen LogP) is 3.32. The van der Waals surface area contributed by atoms with Gasteiger partial charge in [-0.25, -0.2) is 4.98 Å². The van der Waals surface area contributed by atoms with E-state index < -0.39 is 0 Å². The predicted molar refractivity (Wildman–Crippen MR) is 83.9 cm³/mol. The van der Waals surface area contributed by atoms with Crippen molar-refractivity contribution in [3.63, 3.8) is 0 Å². The van der Waals surface area contributed by atoms with E-state index in [2.05, 4.69) is 25.1 Å². The number of aromatic nitrogens is 4. The van der Waals surface area contributed by atoms with Crippen molar-refractivity contribution < 1.29 is 0 Å². The fraction of sp³-hybridized carbons (Fsp3) is 0.333. The van der Waals surface area contributed by atoms with Crippen molar-refractivity contribution in [2.24, 2.45) is 0 Å². The molecule has 0 unspecified atom stereocenters. The third-order valence-corrected chi connectivity index (χ3v) is 4.46. The van der Waals surface area contributed by atoms with E-state index in [0.29, 0.717) is 5.92 Å². The normalized spacial score (nSPS) is 16.7. The fourth-order valence-electron chi connectivity index (χ4n) is 3.15. The van der Waals surface area contributed by atoms with E-state index in [-0.39, 0.29) is 0 Å². The number of nitrogens with zero attached hydrogens (tertiary/aromatic N) is 3. The van der Waals surface area contributed by atoms with Gasteiger partial charge in [-0.15, -0.1) is 0 Å². The summed E-state index contributed by atoms with van der Waals surface area (Å²) in [7, 11) is 0. The van der Waals surface area contributed by atoms with Gasteiger partial charge >= 0.3 is 0 Å². The molecule has 0 radical (unpaired) electrons. The van der Waals surface area contributed by atoms with Crippen LogP contribution >= 0.6 is 11.6 Å². The summed E-state index contributed by atoms with van der Waals surface area (Å²) in [5, 5.41) is 9.00. The standard InChI is InChI=1S/C15H16ClN5/c16-11-7-13-12(9-19-20-13)14(8-11)21-5-1-10(2-6-21)15-17-3-4-18-15/h3-4,7-10H,1-2,5-6H2,(H,17,18)(H,19,20). The Morgan fingerprint density at radius 2 is 2.10 bits per heavy atom. The first-order valence-electron chi connectivity index (χ1n) is 7.18. The maximum Gasteiger partial charge on any atom is 0.109 e. The number of piperidine rings is 1. The molecule has 0 atom stereocenters. The van der Waals surface area contributed by atoms with Crippen LogP contribution in [-0.2, 0) is 0 Å². The molecule has 1 aliphatic heterocycles. The Morgan fingerprint density at radius 1 is 1.24 bits per heavy atom. The van der Waals surface area contributed by atoms with Crippen molar-refractivity contribution in [1.82, 2.24) is 20.2 Å². The molecule has 21 heavy (non-hydrogen) atoms. The molecule has 0 saturated carbocycles. The molecule has 1 saturated heterocycles. The molecule has 5 nitrogen and oxygen atoms in total. The highest BCUT2D eigenvalue weighted by atomic mass is 35.5. The smallest absolute Gasteiger partial charge is 0.109 e. The zero-order chi connectivity index (χ0) is 14.2. The van der Waals surface area contributed by atoms with Crippen LogP contribution in [-0.4, -0.2) is 33.3 Å². The van der Waals surface area contributed by atoms with Gasteiger partial charge in [-0.1, -0.05) is 11.6 Å². The Bertz CT molecular complexity index is 741. The first kappa shape index (κ1) is 12.7. The Balaban J connectivity index is 1.59. The van der Waals surface area contributed by atoms with E-state index in [1.54, 1.807) is 0 Å². The minimum atomic E-state index is 0.523. The van der Waals surface area contributed by atoms with Crippen LogP contribution in [0, 0.1) is 0 Å². The van der Waals surface area contributed by atoms with Crippen LogP contribution in [0.15, 0.2) is 30.7 Å². The van der Waals surface area contributed by atoms with Crippen molar-refractivity contribution >= 4 is 28.2 Å². The Hall–Kier alpha value is -2.01. The molecule has 108 valence electrons. The molecule has 6 heteroatoms. The van der Waals surface area contributed by atoms with Crippen molar-refractivity contribution in [2.45, 2.75) is 18.8 Å². The summed E-state index contributed by atoms with van der Waals surface area (Å²) >= 11 is 6.22. The monoisotopic (exact) mass is 301 g/mol. The lowest BCUT2D eigenvalue weighted by atomic mass is 9.95. The summed E-state index contributed by atoms with van der Waals surface area (Å²) in [6.45, 7) is 2.01. The summed E-state index contributed by atoms with van der Waals surface area (Å²) in [6, 6.07) is 3.95. The van der Waals surface area contributed by atoms with Crippen LogP contribution in [0.4, 0.5) is 5.69 Å². The molecule has 1 aliphatic rings. The van der Waals surface area contributed by atoms with Crippen LogP contribution in [0.2, 0.25) is 5.02 Å². The van der Waals surface area contributed by atoms with Crippen molar-refractivity contribution in [3.8, 4) is 0 Å². The van der Waals surface area contributed by atoms with E-state index in [9.17, 15) is 0 Å². The second-order valence-electron chi connectivity index (χ2n) is 5.49. The number of hydrogen-bond donors (Lipinski definition) is 2. The van der Waals surface area contributed by atoms with Crippen LogP contribution < -0.4 is 4.90 Å². The highest BCUT2D eigenvalue weighted by Crippen LogP contribution is 2.34. The topological polar surface area (TPSA) is 60.6 Å². The van der Waals surface area contributed by atoms with E-state index in [0.717, 1.165) is 47.7 Å². The molecule has 0 spiro atoms. The van der Waals surface area contributed by atoms with Crippen LogP contribution in [0.25, 0.3) is 10.9 Å². The Kier molecular flexibility index (Phi) is 3.07. The van der Waals surface area contributed by atoms with E-state index >= 15 is 0 Å². The molecule has 2 N–H and O–H groups in total. The number of imidazole rings is 1. The largest absolute Gasteiger partial charge is 0.371 e. The number of benzene rings is 1. The molecule has 1 fully saturated rings. The first-order valence-corrected chi connectivity index (χ1v) is 7.56. The van der Waals surface area contributed by atoms with Gasteiger partial charge in [0.15, 0.2) is 0 Å². The SMILES string of the molecule is Clc1cc(N2CCC(c3ncc[nH]3)CC2)c2cn[nH]c2c1. The highest BCUT2D eigenvalue weighted by Gasteiger charge is 2.23. The highest BCUT2D eigenvalue weighted by molar-refractivity contribution is 6.31. The number of anilines is 1. The molecule has 4 rings (SSSR count). The Labute approximate surface area is 127 Å². The maximum atomic E-state index is 6.22. The lowest BCUT2D eigenvalue weighted by Gasteiger charge is -2.33. The first-order chi connectivity index (χ1) is 10.3. The molecule has 0 bridgehead atoms. The van der Waals surface area contributed by atoms with E-state index in [1.165, 1.54) is 5.69 Å². The molecule has 3 heterocycles. The van der Waals surface area contributed by atoms with Gasteiger partial charge in [0, 0.05) is 47.5 Å². The number of rotatable bonds is 2. The van der Waals surface area contributed by atoms with Gasteiger partial charge in [0.25, 0.3) is 0 Å². The van der Waals surface area contributed by atoms with Gasteiger partial charge in [0.05, 0.1) is 11.7 Å². The lowest BCUT2D eigenvalue weighted by molar-refractivity contribution is 0.489. The van der Waals surface area contributed by atoms with Gasteiger partial charge < -0.3 is 9.88 Å². The average molecular weight is 302 g/mol. The second kappa shape index (κ2) is 5.07. The minimum absolute atomic E-state index is 0.523. The quantitative estimate of drug-likeness (QED) is 0.763. The number of fused-ring (bicyclic) bond motifs is 1. The summed E-state index contributed by atoms with van der Waals surface area (Å²) in [4.78, 5) is 10.0. The summed E-state index contributed by atoms with van der Waals surface area (Å²) in [5.74, 6) is 1.63. The summed E-state index contributed by atoms with van der Waals surface area (Å²) in [6.07, 6.45) is 7.79. The third kappa shape index (κ3) is 2.27. The molecular formula is C15H16ClN5. The minimum Gasteiger partial charge on any atom is -0.371 e. The molecule has 3 aromatic rings. The second-order valence-corrected chi connectivity index (χ2v) is 5.93. The van der Waals surface area contributed by atoms with Gasteiger partial charge in [-0.2, -0.15) is 5.10 Å². The summed E-state index contributed by atoms with van der Waals surface area (Å²) < 4.78 is 0. The molecular weight excluding hydrogens is 286 g/mol. The van der Waals surface area contributed by atoms with Gasteiger partial charge in [-0.05, 0) is 25.0 Å². The number of aromatic amines is 2. The van der Waals surface area contributed by atoms with E-state index in [1.807, 2.05) is 30.7 Å². The molecule has 2 aromatic heterocycles. The van der Waals surface area contributed by atoms with Gasteiger partial charge in [-0.3, -0.25) is 5.10 Å². The number of H-pyrrole nitrogens is 2. The van der Waals surface area contributed by atoms with Gasteiger partial charge in [0.1, 0.15) is 5.82 Å². The number of halogens is 1.